The van der Waals surface area contributed by atoms with Gasteiger partial charge in [0.2, 0.25) is 5.91 Å². The zero-order valence-corrected chi connectivity index (χ0v) is 19.1. The van der Waals surface area contributed by atoms with Crippen LogP contribution in [0.3, 0.4) is 0 Å². The smallest absolute Gasteiger partial charge is 0.404 e. The number of anilines is 1. The van der Waals surface area contributed by atoms with E-state index in [1.807, 2.05) is 35.2 Å². The van der Waals surface area contributed by atoms with Crippen LogP contribution in [-0.4, -0.2) is 65.8 Å². The highest BCUT2D eigenvalue weighted by Crippen LogP contribution is 2.31. The minimum absolute atomic E-state index is 0.0314. The number of morpholine rings is 1. The van der Waals surface area contributed by atoms with E-state index in [1.165, 1.54) is 18.3 Å². The van der Waals surface area contributed by atoms with Gasteiger partial charge in [0, 0.05) is 30.4 Å². The van der Waals surface area contributed by atoms with Crippen LogP contribution in [0, 0.1) is 0 Å². The second-order valence-electron chi connectivity index (χ2n) is 8.05. The van der Waals surface area contributed by atoms with Crippen molar-refractivity contribution in [3.63, 3.8) is 0 Å². The van der Waals surface area contributed by atoms with E-state index in [0.717, 1.165) is 11.6 Å². The monoisotopic (exact) mass is 500 g/mol. The Morgan fingerprint density at radius 3 is 2.44 bits per heavy atom. The average molecular weight is 500 g/mol. The Balaban J connectivity index is 1.48. The van der Waals surface area contributed by atoms with Crippen LogP contribution in [0.15, 0.2) is 60.9 Å². The predicted octanol–water partition coefficient (Wildman–Crippen LogP) is 3.74. The Labute approximate surface area is 205 Å². The van der Waals surface area contributed by atoms with Gasteiger partial charge in [0.1, 0.15) is 0 Å². The van der Waals surface area contributed by atoms with Gasteiger partial charge in [0.25, 0.3) is 0 Å². The zero-order valence-electron chi connectivity index (χ0n) is 19.1. The molecule has 188 valence electrons. The van der Waals surface area contributed by atoms with Crippen LogP contribution in [0.5, 0.6) is 5.75 Å². The van der Waals surface area contributed by atoms with Crippen molar-refractivity contribution in [2.45, 2.75) is 12.8 Å². The van der Waals surface area contributed by atoms with Gasteiger partial charge in [-0.1, -0.05) is 30.3 Å². The van der Waals surface area contributed by atoms with Crippen LogP contribution in [-0.2, 0) is 16.0 Å². The molecule has 0 atom stereocenters. The maximum atomic E-state index is 12.9. The summed E-state index contributed by atoms with van der Waals surface area (Å²) in [5.41, 5.74) is 1.77. The molecule has 0 bridgehead atoms. The van der Waals surface area contributed by atoms with Gasteiger partial charge in [-0.3, -0.25) is 24.5 Å². The first-order valence-corrected chi connectivity index (χ1v) is 11.2. The summed E-state index contributed by atoms with van der Waals surface area (Å²) in [7, 11) is 0. The fraction of sp³-hybridized carbons (Fsp3) is 0.280. The molecular formula is C25H23F3N4O4. The molecule has 0 saturated carbocycles. The molecule has 1 fully saturated rings. The number of ketones is 1. The Kier molecular flexibility index (Phi) is 7.91. The third kappa shape index (κ3) is 7.09. The first-order chi connectivity index (χ1) is 17.3. The van der Waals surface area contributed by atoms with Crippen LogP contribution >= 0.6 is 0 Å². The summed E-state index contributed by atoms with van der Waals surface area (Å²) in [5, 5.41) is 2.44. The number of ether oxygens (including phenoxy) is 2. The lowest BCUT2D eigenvalue weighted by molar-refractivity contribution is -0.274. The van der Waals surface area contributed by atoms with Crippen molar-refractivity contribution >= 4 is 17.4 Å². The molecule has 36 heavy (non-hydrogen) atoms. The summed E-state index contributed by atoms with van der Waals surface area (Å²) in [5.74, 6) is -1.55. The molecule has 1 aliphatic rings. The number of carbonyl (C=O) groups excluding carboxylic acids is 2. The van der Waals surface area contributed by atoms with Crippen molar-refractivity contribution in [3.05, 3.63) is 72.2 Å². The number of nitrogens with zero attached hydrogens (tertiary/aromatic N) is 3. The standard InChI is InChI=1S/C25H23F3N4O4/c26-25(27,28)36-23-7-6-18(12-20(23)31-24(34)16-32-8-10-35-11-9-32)22(33)13-19-14-30-21(15-29-19)17-4-2-1-3-5-17/h1-7,12,14-15H,8-11,13,16H2,(H,31,34). The number of carbonyl (C=O) groups is 2. The van der Waals surface area contributed by atoms with Gasteiger partial charge < -0.3 is 14.8 Å². The lowest BCUT2D eigenvalue weighted by Crippen LogP contribution is -2.41. The quantitative estimate of drug-likeness (QED) is 0.471. The first kappa shape index (κ1) is 25.3. The van der Waals surface area contributed by atoms with Crippen LogP contribution in [0.4, 0.5) is 18.9 Å². The van der Waals surface area contributed by atoms with Gasteiger partial charge in [-0.25, -0.2) is 0 Å². The maximum absolute atomic E-state index is 12.9. The summed E-state index contributed by atoms with van der Waals surface area (Å²) in [6.07, 6.45) is -2.06. The molecule has 0 spiro atoms. The zero-order chi connectivity index (χ0) is 25.5. The van der Waals surface area contributed by atoms with Crippen molar-refractivity contribution in [3.8, 4) is 17.0 Å². The van der Waals surface area contributed by atoms with Crippen molar-refractivity contribution < 1.29 is 32.2 Å². The second-order valence-corrected chi connectivity index (χ2v) is 8.05. The highest BCUT2D eigenvalue weighted by atomic mass is 19.4. The number of aromatic nitrogens is 2. The topological polar surface area (TPSA) is 93.7 Å². The van der Waals surface area contributed by atoms with E-state index < -0.39 is 23.8 Å². The highest BCUT2D eigenvalue weighted by molar-refractivity contribution is 6.00. The number of hydrogen-bond donors (Lipinski definition) is 1. The minimum Gasteiger partial charge on any atom is -0.404 e. The summed E-state index contributed by atoms with van der Waals surface area (Å²) in [6, 6.07) is 12.8. The Morgan fingerprint density at radius 1 is 1.03 bits per heavy atom. The van der Waals surface area contributed by atoms with Crippen LogP contribution in [0.2, 0.25) is 0 Å². The van der Waals surface area contributed by atoms with Gasteiger partial charge >= 0.3 is 6.36 Å². The van der Waals surface area contributed by atoms with E-state index in [1.54, 1.807) is 6.20 Å². The van der Waals surface area contributed by atoms with E-state index in [0.29, 0.717) is 37.7 Å². The van der Waals surface area contributed by atoms with Crippen LogP contribution in [0.25, 0.3) is 11.3 Å². The molecular weight excluding hydrogens is 477 g/mol. The van der Waals surface area contributed by atoms with E-state index in [9.17, 15) is 22.8 Å². The first-order valence-electron chi connectivity index (χ1n) is 11.2. The molecule has 1 aliphatic heterocycles. The van der Waals surface area contributed by atoms with E-state index in [-0.39, 0.29) is 24.2 Å². The molecule has 2 aromatic carbocycles. The minimum atomic E-state index is -4.97. The van der Waals surface area contributed by atoms with Crippen molar-refractivity contribution in [2.75, 3.05) is 38.2 Å². The normalized spacial score (nSPS) is 14.3. The Morgan fingerprint density at radius 2 is 1.78 bits per heavy atom. The van der Waals surface area contributed by atoms with Crippen molar-refractivity contribution in [1.82, 2.24) is 14.9 Å². The third-order valence-electron chi connectivity index (χ3n) is 5.39. The summed E-state index contributed by atoms with van der Waals surface area (Å²) in [6.45, 7) is 1.96. The van der Waals surface area contributed by atoms with Gasteiger partial charge in [-0.2, -0.15) is 0 Å². The van der Waals surface area contributed by atoms with Crippen LogP contribution < -0.4 is 10.1 Å². The molecule has 1 amide bonds. The molecule has 2 heterocycles. The Hall–Kier alpha value is -3.83. The van der Waals surface area contributed by atoms with Gasteiger partial charge in [-0.05, 0) is 18.2 Å². The number of hydrogen-bond acceptors (Lipinski definition) is 7. The van der Waals surface area contributed by atoms with Gasteiger partial charge in [0.05, 0.1) is 49.5 Å². The van der Waals surface area contributed by atoms with Gasteiger partial charge in [0.15, 0.2) is 11.5 Å². The SMILES string of the molecule is O=C(CN1CCOCC1)Nc1cc(C(=O)Cc2cnc(-c3ccccc3)cn2)ccc1OC(F)(F)F. The molecule has 1 N–H and O–H groups in total. The Bertz CT molecular complexity index is 1200. The molecule has 0 unspecified atom stereocenters. The lowest BCUT2D eigenvalue weighted by atomic mass is 10.1. The molecule has 0 radical (unpaired) electrons. The summed E-state index contributed by atoms with van der Waals surface area (Å²) < 4.78 is 48.0. The number of benzene rings is 2. The fourth-order valence-electron chi connectivity index (χ4n) is 3.64. The average Bonchev–Trinajstić information content (AvgIpc) is 2.86. The van der Waals surface area contributed by atoms with Gasteiger partial charge in [-0.15, -0.1) is 13.2 Å². The number of alkyl halides is 3. The molecule has 11 heteroatoms. The van der Waals surface area contributed by atoms with Crippen molar-refractivity contribution in [2.24, 2.45) is 0 Å². The largest absolute Gasteiger partial charge is 0.573 e. The molecule has 4 rings (SSSR count). The number of rotatable bonds is 8. The predicted molar refractivity (Wildman–Crippen MR) is 125 cm³/mol. The van der Waals surface area contributed by atoms with Crippen molar-refractivity contribution in [1.29, 1.82) is 0 Å². The third-order valence-corrected chi connectivity index (χ3v) is 5.39. The molecule has 8 nitrogen and oxygen atoms in total. The van der Waals surface area contributed by atoms with E-state index in [4.69, 9.17) is 4.74 Å². The summed E-state index contributed by atoms with van der Waals surface area (Å²) in [4.78, 5) is 35.8. The fourth-order valence-corrected chi connectivity index (χ4v) is 3.64. The maximum Gasteiger partial charge on any atom is 0.573 e. The van der Waals surface area contributed by atoms with E-state index >= 15 is 0 Å². The molecule has 3 aromatic rings. The molecule has 0 aliphatic carbocycles. The number of Topliss-reactive ketones (excluding diaryl/α,β-unsaturated/α-hetero) is 1. The summed E-state index contributed by atoms with van der Waals surface area (Å²) >= 11 is 0. The molecule has 1 saturated heterocycles. The van der Waals surface area contributed by atoms with E-state index in [2.05, 4.69) is 20.0 Å². The molecule has 1 aromatic heterocycles. The second kappa shape index (κ2) is 11.3. The highest BCUT2D eigenvalue weighted by Gasteiger charge is 2.32. The number of halogens is 3. The lowest BCUT2D eigenvalue weighted by Gasteiger charge is -2.26. The number of nitrogens with one attached hydrogen (secondary N) is 1. The van der Waals surface area contributed by atoms with Crippen LogP contribution in [0.1, 0.15) is 16.1 Å². The number of amides is 1.